The van der Waals surface area contributed by atoms with Crippen LogP contribution in [0.2, 0.25) is 0 Å². The van der Waals surface area contributed by atoms with E-state index in [2.05, 4.69) is 15.9 Å². The van der Waals surface area contributed by atoms with Crippen LogP contribution >= 0.6 is 15.9 Å². The SMILES string of the molecule is [2H]C(c1ccccc1OCCCCCC(=O)O)N(C(=O)c1ccc(Br)cc1)C(C)CC. The van der Waals surface area contributed by atoms with Crippen molar-refractivity contribution in [3.8, 4) is 5.75 Å². The lowest BCUT2D eigenvalue weighted by atomic mass is 10.1. The molecule has 0 radical (unpaired) electrons. The minimum atomic E-state index is -0.908. The molecule has 0 aromatic heterocycles. The van der Waals surface area contributed by atoms with Gasteiger partial charge in [-0.3, -0.25) is 9.59 Å². The molecule has 2 aromatic rings. The molecule has 2 rings (SSSR count). The summed E-state index contributed by atoms with van der Waals surface area (Å²) in [5.41, 5.74) is 1.18. The van der Waals surface area contributed by atoms with Gasteiger partial charge in [-0.1, -0.05) is 41.1 Å². The number of unbranched alkanes of at least 4 members (excludes halogenated alkanes) is 2. The number of carbonyl (C=O) groups excluding carboxylic acids is 1. The van der Waals surface area contributed by atoms with Crippen LogP contribution in [0.3, 0.4) is 0 Å². The first-order valence-corrected chi connectivity index (χ1v) is 11.1. The highest BCUT2D eigenvalue weighted by Crippen LogP contribution is 2.24. The smallest absolute Gasteiger partial charge is 0.303 e. The lowest BCUT2D eigenvalue weighted by molar-refractivity contribution is -0.137. The quantitative estimate of drug-likeness (QED) is 0.386. The highest BCUT2D eigenvalue weighted by Gasteiger charge is 2.22. The number of para-hydroxylation sites is 1. The molecule has 0 aliphatic carbocycles. The lowest BCUT2D eigenvalue weighted by Gasteiger charge is -2.29. The number of ether oxygens (including phenoxy) is 1. The van der Waals surface area contributed by atoms with E-state index in [9.17, 15) is 9.59 Å². The first-order valence-electron chi connectivity index (χ1n) is 10.9. The first-order chi connectivity index (χ1) is 14.8. The molecule has 0 spiro atoms. The molecule has 0 fully saturated rings. The summed E-state index contributed by atoms with van der Waals surface area (Å²) in [5, 5.41) is 8.72. The number of carbonyl (C=O) groups is 2. The molecular formula is C24H30BrNO4. The van der Waals surface area contributed by atoms with Crippen LogP contribution in [0.4, 0.5) is 0 Å². The molecule has 1 N–H and O–H groups in total. The van der Waals surface area contributed by atoms with E-state index in [4.69, 9.17) is 11.2 Å². The van der Waals surface area contributed by atoms with Crippen molar-refractivity contribution in [2.45, 2.75) is 58.5 Å². The number of hydrogen-bond acceptors (Lipinski definition) is 3. The summed E-state index contributed by atoms with van der Waals surface area (Å²) in [5.74, 6) is -0.396. The largest absolute Gasteiger partial charge is 0.493 e. The number of carboxylic acids is 1. The van der Waals surface area contributed by atoms with Gasteiger partial charge in [-0.15, -0.1) is 0 Å². The van der Waals surface area contributed by atoms with Gasteiger partial charge < -0.3 is 14.7 Å². The van der Waals surface area contributed by atoms with E-state index < -0.39 is 12.5 Å². The Morgan fingerprint density at radius 2 is 1.83 bits per heavy atom. The lowest BCUT2D eigenvalue weighted by Crippen LogP contribution is -2.37. The maximum Gasteiger partial charge on any atom is 0.303 e. The van der Waals surface area contributed by atoms with Gasteiger partial charge in [0.05, 0.1) is 7.98 Å². The molecule has 2 atom stereocenters. The number of nitrogens with zero attached hydrogens (tertiary/aromatic N) is 1. The van der Waals surface area contributed by atoms with Crippen LogP contribution in [0.5, 0.6) is 5.75 Å². The summed E-state index contributed by atoms with van der Waals surface area (Å²) in [4.78, 5) is 25.5. The third-order valence-corrected chi connectivity index (χ3v) is 5.41. The van der Waals surface area contributed by atoms with Crippen molar-refractivity contribution in [1.82, 2.24) is 4.90 Å². The third kappa shape index (κ3) is 7.48. The molecule has 6 heteroatoms. The van der Waals surface area contributed by atoms with Gasteiger partial charge in [-0.25, -0.2) is 0 Å². The van der Waals surface area contributed by atoms with Crippen molar-refractivity contribution >= 4 is 27.8 Å². The van der Waals surface area contributed by atoms with Crippen molar-refractivity contribution in [3.63, 3.8) is 0 Å². The Morgan fingerprint density at radius 1 is 1.13 bits per heavy atom. The molecule has 162 valence electrons. The Labute approximate surface area is 188 Å². The summed E-state index contributed by atoms with van der Waals surface area (Å²) in [6, 6.07) is 14.4. The summed E-state index contributed by atoms with van der Waals surface area (Å²) >= 11 is 3.39. The first kappa shape index (κ1) is 22.3. The van der Waals surface area contributed by atoms with Gasteiger partial charge >= 0.3 is 5.97 Å². The summed E-state index contributed by atoms with van der Waals surface area (Å²) in [6.07, 6.45) is 3.00. The number of carboxylic acid groups (broad SMARTS) is 1. The zero-order chi connectivity index (χ0) is 22.8. The van der Waals surface area contributed by atoms with Gasteiger partial charge in [0, 0.05) is 34.6 Å². The fourth-order valence-corrected chi connectivity index (χ4v) is 3.19. The van der Waals surface area contributed by atoms with Crippen molar-refractivity contribution in [1.29, 1.82) is 0 Å². The van der Waals surface area contributed by atoms with Crippen LogP contribution in [0.25, 0.3) is 0 Å². The second-order valence-electron chi connectivity index (χ2n) is 7.20. The second kappa shape index (κ2) is 12.4. The highest BCUT2D eigenvalue weighted by atomic mass is 79.9. The van der Waals surface area contributed by atoms with Crippen LogP contribution in [-0.4, -0.2) is 34.5 Å². The van der Waals surface area contributed by atoms with Crippen molar-refractivity contribution in [3.05, 3.63) is 64.1 Å². The Kier molecular flexibility index (Phi) is 9.22. The van der Waals surface area contributed by atoms with Gasteiger partial charge in [0.1, 0.15) is 5.75 Å². The molecular weight excluding hydrogens is 446 g/mol. The van der Waals surface area contributed by atoms with E-state index in [0.29, 0.717) is 29.9 Å². The summed E-state index contributed by atoms with van der Waals surface area (Å²) in [6.45, 7) is 3.48. The van der Waals surface area contributed by atoms with E-state index in [0.717, 1.165) is 23.7 Å². The summed E-state index contributed by atoms with van der Waals surface area (Å²) < 4.78 is 15.7. The zero-order valence-corrected chi connectivity index (χ0v) is 19.1. The topological polar surface area (TPSA) is 66.8 Å². The standard InChI is InChI=1S/C24H30BrNO4/c1-3-18(2)26(24(29)19-12-14-21(25)15-13-19)17-20-9-6-7-10-22(20)30-16-8-4-5-11-23(27)28/h6-7,9-10,12-15,18H,3-5,8,11,16-17H2,1-2H3,(H,27,28)/i17D. The predicted octanol–water partition coefficient (Wildman–Crippen LogP) is 5.91. The van der Waals surface area contributed by atoms with E-state index in [-0.39, 0.29) is 18.4 Å². The van der Waals surface area contributed by atoms with Gasteiger partial charge in [0.15, 0.2) is 0 Å². The van der Waals surface area contributed by atoms with Gasteiger partial charge in [0.25, 0.3) is 5.91 Å². The Hall–Kier alpha value is -2.34. The molecule has 0 bridgehead atoms. The average molecular weight is 477 g/mol. The summed E-state index contributed by atoms with van der Waals surface area (Å²) in [7, 11) is 0. The zero-order valence-electron chi connectivity index (χ0n) is 18.5. The molecule has 0 saturated heterocycles. The maximum absolute atomic E-state index is 13.3. The average Bonchev–Trinajstić information content (AvgIpc) is 2.76. The Bertz CT molecular complexity index is 859. The van der Waals surface area contributed by atoms with Crippen molar-refractivity contribution in [2.24, 2.45) is 0 Å². The molecule has 1 amide bonds. The fourth-order valence-electron chi connectivity index (χ4n) is 2.93. The molecule has 0 saturated carbocycles. The molecule has 5 nitrogen and oxygen atoms in total. The number of hydrogen-bond donors (Lipinski definition) is 1. The van der Waals surface area contributed by atoms with E-state index in [1.165, 1.54) is 0 Å². The molecule has 0 aliphatic rings. The predicted molar refractivity (Wildman–Crippen MR) is 122 cm³/mol. The van der Waals surface area contributed by atoms with E-state index >= 15 is 0 Å². The number of amides is 1. The monoisotopic (exact) mass is 476 g/mol. The van der Waals surface area contributed by atoms with Crippen LogP contribution in [0, 0.1) is 0 Å². The normalized spacial score (nSPS) is 13.2. The van der Waals surface area contributed by atoms with Crippen molar-refractivity contribution < 1.29 is 20.8 Å². The minimum Gasteiger partial charge on any atom is -0.493 e. The van der Waals surface area contributed by atoms with Crippen LogP contribution in [-0.2, 0) is 11.3 Å². The molecule has 0 heterocycles. The molecule has 2 aromatic carbocycles. The highest BCUT2D eigenvalue weighted by molar-refractivity contribution is 9.10. The van der Waals surface area contributed by atoms with Crippen LogP contribution < -0.4 is 4.74 Å². The van der Waals surface area contributed by atoms with Gasteiger partial charge in [-0.05, 0) is 62.9 Å². The Morgan fingerprint density at radius 3 is 2.50 bits per heavy atom. The van der Waals surface area contributed by atoms with Crippen LogP contribution in [0.1, 0.15) is 63.2 Å². The fraction of sp³-hybridized carbons (Fsp3) is 0.417. The van der Waals surface area contributed by atoms with Gasteiger partial charge in [0.2, 0.25) is 0 Å². The van der Waals surface area contributed by atoms with Crippen LogP contribution in [0.15, 0.2) is 53.0 Å². The van der Waals surface area contributed by atoms with Gasteiger partial charge in [-0.2, -0.15) is 0 Å². The van der Waals surface area contributed by atoms with Crippen molar-refractivity contribution in [2.75, 3.05) is 6.61 Å². The number of halogens is 1. The Balaban J connectivity index is 2.15. The minimum absolute atomic E-state index is 0.122. The van der Waals surface area contributed by atoms with E-state index in [1.54, 1.807) is 17.0 Å². The third-order valence-electron chi connectivity index (χ3n) is 4.88. The number of aliphatic carboxylic acids is 1. The number of benzene rings is 2. The molecule has 0 aliphatic heterocycles. The molecule has 30 heavy (non-hydrogen) atoms. The maximum atomic E-state index is 13.3. The van der Waals surface area contributed by atoms with E-state index in [1.807, 2.05) is 50.2 Å². The molecule has 2 unspecified atom stereocenters. The second-order valence-corrected chi connectivity index (χ2v) is 8.11. The number of rotatable bonds is 12.